The Labute approximate surface area is 164 Å². The molecule has 5 nitrogen and oxygen atoms in total. The molecular formula is C21H26F2N4O. The minimum Gasteiger partial charge on any atom is -0.357 e. The zero-order valence-electron chi connectivity index (χ0n) is 16.2. The van der Waals surface area contributed by atoms with Crippen LogP contribution in [-0.4, -0.2) is 38.5 Å². The Morgan fingerprint density at radius 2 is 1.86 bits per heavy atom. The maximum absolute atomic E-state index is 13.7. The quantitative estimate of drug-likeness (QED) is 0.481. The van der Waals surface area contributed by atoms with Crippen molar-refractivity contribution in [3.05, 3.63) is 70.8 Å². The third-order valence-electron chi connectivity index (χ3n) is 4.15. The van der Waals surface area contributed by atoms with E-state index in [1.54, 1.807) is 19.2 Å². The van der Waals surface area contributed by atoms with Crippen molar-refractivity contribution < 1.29 is 13.6 Å². The lowest BCUT2D eigenvalue weighted by molar-refractivity contribution is 0.0963. The van der Waals surface area contributed by atoms with Gasteiger partial charge in [-0.05, 0) is 49.1 Å². The Morgan fingerprint density at radius 1 is 1.07 bits per heavy atom. The molecule has 0 atom stereocenters. The van der Waals surface area contributed by atoms with Crippen LogP contribution in [0.2, 0.25) is 0 Å². The summed E-state index contributed by atoms with van der Waals surface area (Å²) in [5.74, 6) is -1.16. The standard InChI is InChI=1S/C21H26F2N4O/c1-3-25-21(27-13-11-16-7-5-9-18(22)19(16)23)26-12-10-15-6-4-8-17(14-15)20(28)24-2/h4-9,14H,3,10-13H2,1-2H3,(H,24,28)(H2,25,26,27). The molecule has 2 rings (SSSR count). The fraction of sp³-hybridized carbons (Fsp3) is 0.333. The van der Waals surface area contributed by atoms with E-state index >= 15 is 0 Å². The number of nitrogens with zero attached hydrogens (tertiary/aromatic N) is 1. The van der Waals surface area contributed by atoms with Crippen LogP contribution in [0.15, 0.2) is 47.5 Å². The van der Waals surface area contributed by atoms with Crippen LogP contribution in [0.5, 0.6) is 0 Å². The number of guanidine groups is 1. The number of benzene rings is 2. The zero-order valence-corrected chi connectivity index (χ0v) is 16.2. The zero-order chi connectivity index (χ0) is 20.4. The van der Waals surface area contributed by atoms with Gasteiger partial charge in [0, 0.05) is 32.2 Å². The van der Waals surface area contributed by atoms with Crippen LogP contribution in [0.4, 0.5) is 8.78 Å². The average Bonchev–Trinajstić information content (AvgIpc) is 2.70. The third kappa shape index (κ3) is 6.33. The summed E-state index contributed by atoms with van der Waals surface area (Å²) in [7, 11) is 1.60. The predicted octanol–water partition coefficient (Wildman–Crippen LogP) is 2.66. The molecule has 0 unspecified atom stereocenters. The van der Waals surface area contributed by atoms with E-state index in [0.717, 1.165) is 11.6 Å². The molecule has 0 fully saturated rings. The van der Waals surface area contributed by atoms with Gasteiger partial charge in [-0.25, -0.2) is 8.78 Å². The molecule has 3 N–H and O–H groups in total. The Bertz CT molecular complexity index is 824. The fourth-order valence-corrected chi connectivity index (χ4v) is 2.71. The van der Waals surface area contributed by atoms with Crippen molar-refractivity contribution in [2.24, 2.45) is 4.99 Å². The molecule has 150 valence electrons. The lowest BCUT2D eigenvalue weighted by Gasteiger charge is -2.12. The van der Waals surface area contributed by atoms with Crippen molar-refractivity contribution in [3.63, 3.8) is 0 Å². The van der Waals surface area contributed by atoms with Crippen LogP contribution in [0.3, 0.4) is 0 Å². The molecule has 28 heavy (non-hydrogen) atoms. The predicted molar refractivity (Wildman–Crippen MR) is 108 cm³/mol. The molecule has 0 aliphatic rings. The number of aliphatic imine (C=N–C) groups is 1. The van der Waals surface area contributed by atoms with Crippen molar-refractivity contribution in [2.45, 2.75) is 19.8 Å². The molecule has 2 aromatic rings. The first-order valence-corrected chi connectivity index (χ1v) is 9.31. The van der Waals surface area contributed by atoms with Crippen molar-refractivity contribution in [2.75, 3.05) is 26.7 Å². The summed E-state index contributed by atoms with van der Waals surface area (Å²) >= 11 is 0. The highest BCUT2D eigenvalue weighted by atomic mass is 19.2. The van der Waals surface area contributed by atoms with Crippen LogP contribution < -0.4 is 16.0 Å². The molecule has 0 heterocycles. The molecule has 1 amide bonds. The topological polar surface area (TPSA) is 65.5 Å². The van der Waals surface area contributed by atoms with Crippen LogP contribution in [0.1, 0.15) is 28.4 Å². The van der Waals surface area contributed by atoms with Gasteiger partial charge in [0.05, 0.1) is 0 Å². The number of carbonyl (C=O) groups excluding carboxylic acids is 1. The number of carbonyl (C=O) groups is 1. The van der Waals surface area contributed by atoms with Gasteiger partial charge in [-0.15, -0.1) is 0 Å². The molecule has 0 aliphatic carbocycles. The summed E-state index contributed by atoms with van der Waals surface area (Å²) < 4.78 is 27.0. The van der Waals surface area contributed by atoms with E-state index < -0.39 is 11.6 Å². The summed E-state index contributed by atoms with van der Waals surface area (Å²) in [5, 5.41) is 8.95. The SMILES string of the molecule is CCNC(=NCCc1cccc(F)c1F)NCCc1cccc(C(=O)NC)c1. The van der Waals surface area contributed by atoms with Gasteiger partial charge in [0.25, 0.3) is 5.91 Å². The second kappa shape index (κ2) is 11.0. The van der Waals surface area contributed by atoms with E-state index in [1.165, 1.54) is 6.07 Å². The normalized spacial score (nSPS) is 11.2. The van der Waals surface area contributed by atoms with E-state index in [2.05, 4.69) is 20.9 Å². The highest BCUT2D eigenvalue weighted by Gasteiger charge is 2.07. The minimum absolute atomic E-state index is 0.116. The molecule has 2 aromatic carbocycles. The largest absolute Gasteiger partial charge is 0.357 e. The monoisotopic (exact) mass is 388 g/mol. The summed E-state index contributed by atoms with van der Waals surface area (Å²) in [5.41, 5.74) is 1.97. The van der Waals surface area contributed by atoms with Gasteiger partial charge in [0.2, 0.25) is 0 Å². The second-order valence-corrected chi connectivity index (χ2v) is 6.18. The van der Waals surface area contributed by atoms with Gasteiger partial charge >= 0.3 is 0 Å². The van der Waals surface area contributed by atoms with E-state index in [9.17, 15) is 13.6 Å². The number of rotatable bonds is 8. The lowest BCUT2D eigenvalue weighted by atomic mass is 10.1. The van der Waals surface area contributed by atoms with Crippen LogP contribution in [0.25, 0.3) is 0 Å². The smallest absolute Gasteiger partial charge is 0.251 e. The number of hydrogen-bond donors (Lipinski definition) is 3. The highest BCUT2D eigenvalue weighted by molar-refractivity contribution is 5.94. The maximum Gasteiger partial charge on any atom is 0.251 e. The minimum atomic E-state index is -0.842. The van der Waals surface area contributed by atoms with E-state index in [0.29, 0.717) is 49.6 Å². The van der Waals surface area contributed by atoms with Gasteiger partial charge in [0.15, 0.2) is 17.6 Å². The first-order valence-electron chi connectivity index (χ1n) is 9.31. The lowest BCUT2D eigenvalue weighted by Crippen LogP contribution is -2.38. The summed E-state index contributed by atoms with van der Waals surface area (Å²) in [4.78, 5) is 16.1. The third-order valence-corrected chi connectivity index (χ3v) is 4.15. The molecular weight excluding hydrogens is 362 g/mol. The Balaban J connectivity index is 1.89. The molecule has 0 saturated heterocycles. The molecule has 0 radical (unpaired) electrons. The number of amides is 1. The maximum atomic E-state index is 13.7. The molecule has 0 bridgehead atoms. The fourth-order valence-electron chi connectivity index (χ4n) is 2.71. The Hall–Kier alpha value is -2.96. The van der Waals surface area contributed by atoms with E-state index in [-0.39, 0.29) is 5.91 Å². The Morgan fingerprint density at radius 3 is 2.61 bits per heavy atom. The van der Waals surface area contributed by atoms with Crippen LogP contribution in [0, 0.1) is 11.6 Å². The van der Waals surface area contributed by atoms with Gasteiger partial charge in [0.1, 0.15) is 0 Å². The van der Waals surface area contributed by atoms with Crippen LogP contribution >= 0.6 is 0 Å². The first-order chi connectivity index (χ1) is 13.5. The van der Waals surface area contributed by atoms with Gasteiger partial charge in [-0.3, -0.25) is 9.79 Å². The molecule has 0 saturated carbocycles. The average molecular weight is 388 g/mol. The first kappa shape index (κ1) is 21.3. The van der Waals surface area contributed by atoms with E-state index in [4.69, 9.17) is 0 Å². The summed E-state index contributed by atoms with van der Waals surface area (Å²) in [6, 6.07) is 11.6. The van der Waals surface area contributed by atoms with E-state index in [1.807, 2.05) is 25.1 Å². The molecule has 0 aliphatic heterocycles. The van der Waals surface area contributed by atoms with Gasteiger partial charge in [-0.1, -0.05) is 24.3 Å². The number of hydrogen-bond acceptors (Lipinski definition) is 2. The summed E-state index contributed by atoms with van der Waals surface area (Å²) in [6.45, 7) is 3.60. The highest BCUT2D eigenvalue weighted by Crippen LogP contribution is 2.11. The van der Waals surface area contributed by atoms with Gasteiger partial charge < -0.3 is 16.0 Å². The summed E-state index contributed by atoms with van der Waals surface area (Å²) in [6.07, 6.45) is 1.03. The van der Waals surface area contributed by atoms with Crippen molar-refractivity contribution in [1.29, 1.82) is 0 Å². The second-order valence-electron chi connectivity index (χ2n) is 6.18. The number of halogens is 2. The van der Waals surface area contributed by atoms with Crippen molar-refractivity contribution in [1.82, 2.24) is 16.0 Å². The molecule has 7 heteroatoms. The Kier molecular flexibility index (Phi) is 8.39. The molecule has 0 aromatic heterocycles. The number of nitrogens with one attached hydrogen (secondary N) is 3. The van der Waals surface area contributed by atoms with Gasteiger partial charge in [-0.2, -0.15) is 0 Å². The van der Waals surface area contributed by atoms with Crippen LogP contribution in [-0.2, 0) is 12.8 Å². The molecule has 0 spiro atoms. The van der Waals surface area contributed by atoms with Crippen molar-refractivity contribution >= 4 is 11.9 Å². The van der Waals surface area contributed by atoms with Crippen molar-refractivity contribution in [3.8, 4) is 0 Å².